The molecule has 0 aromatic heterocycles. The van der Waals surface area contributed by atoms with E-state index in [9.17, 15) is 4.79 Å². The van der Waals surface area contributed by atoms with Gasteiger partial charge in [-0.3, -0.25) is 4.79 Å². The lowest BCUT2D eigenvalue weighted by Gasteiger charge is -2.32. The lowest BCUT2D eigenvalue weighted by Crippen LogP contribution is -2.31. The molecule has 0 aliphatic carbocycles. The first-order chi connectivity index (χ1) is 7.44. The topological polar surface area (TPSA) is 26.3 Å². The van der Waals surface area contributed by atoms with Crippen LogP contribution in [0.1, 0.15) is 31.4 Å². The summed E-state index contributed by atoms with van der Waals surface area (Å²) in [4.78, 5) is 11.5. The molecule has 1 aliphatic rings. The van der Waals surface area contributed by atoms with Crippen molar-refractivity contribution in [1.29, 1.82) is 0 Å². The Labute approximate surface area is 103 Å². The molecule has 0 unspecified atom stereocenters. The Bertz CT molecular complexity index is 475. The van der Waals surface area contributed by atoms with Crippen LogP contribution in [0, 0.1) is 0 Å². The monoisotopic (exact) mass is 280 g/mol. The molecule has 84 valence electrons. The molecule has 0 radical (unpaired) electrons. The third-order valence-electron chi connectivity index (χ3n) is 2.80. The molecule has 2 nitrogen and oxygen atoms in total. The minimum Gasteiger partial charge on any atom is -0.426 e. The van der Waals surface area contributed by atoms with Gasteiger partial charge in [-0.15, -0.1) is 0 Å². The van der Waals surface area contributed by atoms with Crippen molar-refractivity contribution >= 4 is 28.0 Å². The standard InChI is InChI=1S/C13H13BrO2/c1-4-8-5-9(14)6-10-12(8)13(2,3)7-11(15)16-10/h4-6H,1,7H2,2-3H3. The van der Waals surface area contributed by atoms with Crippen LogP contribution in [0.25, 0.3) is 6.08 Å². The minimum atomic E-state index is -0.200. The lowest BCUT2D eigenvalue weighted by molar-refractivity contribution is -0.136. The number of rotatable bonds is 1. The van der Waals surface area contributed by atoms with Gasteiger partial charge in [0.25, 0.3) is 0 Å². The Morgan fingerprint density at radius 2 is 2.19 bits per heavy atom. The average Bonchev–Trinajstić information content (AvgIpc) is 2.13. The summed E-state index contributed by atoms with van der Waals surface area (Å²) in [5.74, 6) is 0.469. The van der Waals surface area contributed by atoms with E-state index < -0.39 is 0 Å². The average molecular weight is 281 g/mol. The first kappa shape index (κ1) is 11.4. The summed E-state index contributed by atoms with van der Waals surface area (Å²) in [5, 5.41) is 0. The second-order valence-electron chi connectivity index (χ2n) is 4.61. The van der Waals surface area contributed by atoms with E-state index in [1.807, 2.05) is 26.0 Å². The molecule has 0 saturated heterocycles. The number of carbonyl (C=O) groups excluding carboxylic acids is 1. The minimum absolute atomic E-state index is 0.175. The molecule has 0 amide bonds. The van der Waals surface area contributed by atoms with Gasteiger partial charge in [-0.25, -0.2) is 0 Å². The van der Waals surface area contributed by atoms with Crippen LogP contribution in [-0.4, -0.2) is 5.97 Å². The van der Waals surface area contributed by atoms with E-state index in [1.165, 1.54) is 0 Å². The summed E-state index contributed by atoms with van der Waals surface area (Å²) in [6, 6.07) is 3.83. The van der Waals surface area contributed by atoms with Gasteiger partial charge >= 0.3 is 5.97 Å². The maximum atomic E-state index is 11.5. The highest BCUT2D eigenvalue weighted by atomic mass is 79.9. The third-order valence-corrected chi connectivity index (χ3v) is 3.26. The van der Waals surface area contributed by atoms with E-state index in [-0.39, 0.29) is 11.4 Å². The molecule has 0 fully saturated rings. The van der Waals surface area contributed by atoms with Crippen molar-refractivity contribution in [2.75, 3.05) is 0 Å². The molecule has 2 rings (SSSR count). The Hall–Kier alpha value is -1.09. The maximum Gasteiger partial charge on any atom is 0.312 e. The molecule has 0 bridgehead atoms. The molecular formula is C13H13BrO2. The molecule has 0 saturated carbocycles. The highest BCUT2D eigenvalue weighted by Gasteiger charge is 2.35. The number of fused-ring (bicyclic) bond motifs is 1. The number of hydrogen-bond acceptors (Lipinski definition) is 2. The van der Waals surface area contributed by atoms with Gasteiger partial charge in [0.1, 0.15) is 5.75 Å². The van der Waals surface area contributed by atoms with Crippen LogP contribution in [0.3, 0.4) is 0 Å². The van der Waals surface area contributed by atoms with Gasteiger partial charge in [-0.2, -0.15) is 0 Å². The number of hydrogen-bond donors (Lipinski definition) is 0. The fraction of sp³-hybridized carbons (Fsp3) is 0.308. The van der Waals surface area contributed by atoms with E-state index in [2.05, 4.69) is 22.5 Å². The smallest absolute Gasteiger partial charge is 0.312 e. The molecule has 1 aromatic carbocycles. The first-order valence-corrected chi connectivity index (χ1v) is 5.90. The van der Waals surface area contributed by atoms with Crippen LogP contribution < -0.4 is 4.74 Å². The third kappa shape index (κ3) is 1.80. The van der Waals surface area contributed by atoms with Gasteiger partial charge in [0.15, 0.2) is 0 Å². The number of benzene rings is 1. The zero-order valence-electron chi connectivity index (χ0n) is 9.34. The Morgan fingerprint density at radius 1 is 1.50 bits per heavy atom. The van der Waals surface area contributed by atoms with Crippen LogP contribution in [0.5, 0.6) is 5.75 Å². The fourth-order valence-electron chi connectivity index (χ4n) is 2.18. The van der Waals surface area contributed by atoms with E-state index >= 15 is 0 Å². The second kappa shape index (κ2) is 3.74. The largest absolute Gasteiger partial charge is 0.426 e. The van der Waals surface area contributed by atoms with Crippen molar-refractivity contribution < 1.29 is 9.53 Å². The lowest BCUT2D eigenvalue weighted by atomic mass is 9.77. The second-order valence-corrected chi connectivity index (χ2v) is 5.52. The quantitative estimate of drug-likeness (QED) is 0.580. The summed E-state index contributed by atoms with van der Waals surface area (Å²) in [7, 11) is 0. The van der Waals surface area contributed by atoms with Gasteiger partial charge in [0, 0.05) is 15.5 Å². The summed E-state index contributed by atoms with van der Waals surface area (Å²) in [6.45, 7) is 7.90. The maximum absolute atomic E-state index is 11.5. The summed E-state index contributed by atoms with van der Waals surface area (Å²) >= 11 is 3.40. The van der Waals surface area contributed by atoms with E-state index in [1.54, 1.807) is 6.08 Å². The van der Waals surface area contributed by atoms with Crippen molar-refractivity contribution in [1.82, 2.24) is 0 Å². The Balaban J connectivity index is 2.71. The van der Waals surface area contributed by atoms with Crippen molar-refractivity contribution in [2.24, 2.45) is 0 Å². The van der Waals surface area contributed by atoms with E-state index in [0.717, 1.165) is 15.6 Å². The molecule has 1 aromatic rings. The van der Waals surface area contributed by atoms with Gasteiger partial charge in [0.2, 0.25) is 0 Å². The number of halogens is 1. The molecule has 0 atom stereocenters. The molecule has 0 spiro atoms. The SMILES string of the molecule is C=Cc1cc(Br)cc2c1C(C)(C)CC(=O)O2. The molecule has 1 aliphatic heterocycles. The van der Waals surface area contributed by atoms with Crippen molar-refractivity contribution in [2.45, 2.75) is 25.7 Å². The van der Waals surface area contributed by atoms with Crippen LogP contribution in [-0.2, 0) is 10.2 Å². The van der Waals surface area contributed by atoms with Crippen molar-refractivity contribution in [3.05, 3.63) is 34.3 Å². The number of esters is 1. The molecule has 16 heavy (non-hydrogen) atoms. The zero-order valence-corrected chi connectivity index (χ0v) is 10.9. The van der Waals surface area contributed by atoms with Gasteiger partial charge in [-0.05, 0) is 17.7 Å². The van der Waals surface area contributed by atoms with Crippen molar-refractivity contribution in [3.8, 4) is 5.75 Å². The first-order valence-electron chi connectivity index (χ1n) is 5.11. The summed E-state index contributed by atoms with van der Waals surface area (Å²) in [5.41, 5.74) is 1.88. The van der Waals surface area contributed by atoms with E-state index in [0.29, 0.717) is 12.2 Å². The van der Waals surface area contributed by atoms with Crippen LogP contribution in [0.15, 0.2) is 23.2 Å². The highest BCUT2D eigenvalue weighted by Crippen LogP contribution is 2.42. The fourth-order valence-corrected chi connectivity index (χ4v) is 2.63. The molecule has 1 heterocycles. The number of carbonyl (C=O) groups is 1. The van der Waals surface area contributed by atoms with Crippen LogP contribution in [0.2, 0.25) is 0 Å². The van der Waals surface area contributed by atoms with Gasteiger partial charge in [0.05, 0.1) is 6.42 Å². The molecule has 0 N–H and O–H groups in total. The predicted molar refractivity (Wildman–Crippen MR) is 67.5 cm³/mol. The van der Waals surface area contributed by atoms with Crippen LogP contribution in [0.4, 0.5) is 0 Å². The normalized spacial score (nSPS) is 17.6. The van der Waals surface area contributed by atoms with E-state index in [4.69, 9.17) is 4.74 Å². The van der Waals surface area contributed by atoms with Crippen molar-refractivity contribution in [3.63, 3.8) is 0 Å². The molecule has 3 heteroatoms. The summed E-state index contributed by atoms with van der Waals surface area (Å²) < 4.78 is 6.17. The Kier molecular flexibility index (Phi) is 2.66. The summed E-state index contributed by atoms with van der Waals surface area (Å²) in [6.07, 6.45) is 2.20. The highest BCUT2D eigenvalue weighted by molar-refractivity contribution is 9.10. The molecular weight excluding hydrogens is 268 g/mol. The van der Waals surface area contributed by atoms with Crippen LogP contribution >= 0.6 is 15.9 Å². The van der Waals surface area contributed by atoms with Gasteiger partial charge < -0.3 is 4.74 Å². The predicted octanol–water partition coefficient (Wildman–Crippen LogP) is 3.68. The number of ether oxygens (including phenoxy) is 1. The zero-order chi connectivity index (χ0) is 11.9. The van der Waals surface area contributed by atoms with Gasteiger partial charge in [-0.1, -0.05) is 42.4 Å². The Morgan fingerprint density at radius 3 is 2.81 bits per heavy atom.